The number of benzene rings is 2. The second-order valence-electron chi connectivity index (χ2n) is 5.53. The van der Waals surface area contributed by atoms with Crippen molar-refractivity contribution in [2.75, 3.05) is 6.61 Å². The van der Waals surface area contributed by atoms with Crippen LogP contribution < -0.4 is 5.32 Å². The predicted molar refractivity (Wildman–Crippen MR) is 91.0 cm³/mol. The summed E-state index contributed by atoms with van der Waals surface area (Å²) in [6.07, 6.45) is 2.38. The summed E-state index contributed by atoms with van der Waals surface area (Å²) in [5, 5.41) is 13.6. The van der Waals surface area contributed by atoms with Crippen LogP contribution in [0, 0.1) is 0 Å². The van der Waals surface area contributed by atoms with Gasteiger partial charge in [-0.15, -0.1) is 0 Å². The zero-order chi connectivity index (χ0) is 16.1. The number of hydrogen-bond donors (Lipinski definition) is 2. The molecule has 1 amide bonds. The van der Waals surface area contributed by atoms with Gasteiger partial charge >= 0.3 is 0 Å². The van der Waals surface area contributed by atoms with Crippen LogP contribution in [0.1, 0.15) is 18.0 Å². The first-order valence-corrected chi connectivity index (χ1v) is 7.77. The van der Waals surface area contributed by atoms with Crippen molar-refractivity contribution in [2.24, 2.45) is 0 Å². The smallest absolute Gasteiger partial charge is 0.222 e. The SMILES string of the molecule is O=C(CCn1ccc2ccccc21)N[C@H](CO)c1ccccc1. The number of carbonyl (C=O) groups is 1. The monoisotopic (exact) mass is 308 g/mol. The molecule has 0 aliphatic heterocycles. The van der Waals surface area contributed by atoms with Crippen LogP contribution in [0.2, 0.25) is 0 Å². The predicted octanol–water partition coefficient (Wildman–Crippen LogP) is 2.88. The maximum atomic E-state index is 12.2. The molecule has 4 heteroatoms. The van der Waals surface area contributed by atoms with Gasteiger partial charge in [0.2, 0.25) is 5.91 Å². The van der Waals surface area contributed by atoms with Gasteiger partial charge in [0.1, 0.15) is 0 Å². The molecule has 0 aliphatic rings. The maximum absolute atomic E-state index is 12.2. The van der Waals surface area contributed by atoms with Crippen molar-refractivity contribution in [1.29, 1.82) is 0 Å². The lowest BCUT2D eigenvalue weighted by atomic mass is 10.1. The molecule has 1 atom stereocenters. The van der Waals surface area contributed by atoms with Gasteiger partial charge < -0.3 is 15.0 Å². The Morgan fingerprint density at radius 2 is 1.78 bits per heavy atom. The van der Waals surface area contributed by atoms with Gasteiger partial charge in [-0.1, -0.05) is 48.5 Å². The number of para-hydroxylation sites is 1. The molecule has 0 bridgehead atoms. The first-order chi connectivity index (χ1) is 11.3. The van der Waals surface area contributed by atoms with Gasteiger partial charge in [-0.05, 0) is 23.1 Å². The van der Waals surface area contributed by atoms with Crippen LogP contribution in [-0.2, 0) is 11.3 Å². The van der Waals surface area contributed by atoms with Crippen molar-refractivity contribution in [3.8, 4) is 0 Å². The molecule has 0 unspecified atom stereocenters. The number of amides is 1. The van der Waals surface area contributed by atoms with Crippen molar-refractivity contribution < 1.29 is 9.90 Å². The summed E-state index contributed by atoms with van der Waals surface area (Å²) in [7, 11) is 0. The summed E-state index contributed by atoms with van der Waals surface area (Å²) >= 11 is 0. The number of nitrogens with one attached hydrogen (secondary N) is 1. The van der Waals surface area contributed by atoms with E-state index in [1.807, 2.05) is 60.8 Å². The molecule has 0 saturated carbocycles. The van der Waals surface area contributed by atoms with E-state index >= 15 is 0 Å². The van der Waals surface area contributed by atoms with E-state index in [2.05, 4.69) is 16.0 Å². The number of aromatic nitrogens is 1. The minimum Gasteiger partial charge on any atom is -0.394 e. The summed E-state index contributed by atoms with van der Waals surface area (Å²) in [5.41, 5.74) is 2.04. The molecule has 2 N–H and O–H groups in total. The van der Waals surface area contributed by atoms with E-state index in [1.54, 1.807) is 0 Å². The van der Waals surface area contributed by atoms with Crippen molar-refractivity contribution in [3.05, 3.63) is 72.4 Å². The summed E-state index contributed by atoms with van der Waals surface area (Å²) in [6.45, 7) is 0.508. The number of aliphatic hydroxyl groups is 1. The van der Waals surface area contributed by atoms with E-state index in [9.17, 15) is 9.90 Å². The fraction of sp³-hybridized carbons (Fsp3) is 0.211. The van der Waals surface area contributed by atoms with Crippen molar-refractivity contribution in [3.63, 3.8) is 0 Å². The lowest BCUT2D eigenvalue weighted by molar-refractivity contribution is -0.122. The van der Waals surface area contributed by atoms with Gasteiger partial charge in [0.25, 0.3) is 0 Å². The van der Waals surface area contributed by atoms with E-state index in [-0.39, 0.29) is 18.6 Å². The highest BCUT2D eigenvalue weighted by atomic mass is 16.3. The quantitative estimate of drug-likeness (QED) is 0.735. The van der Waals surface area contributed by atoms with Gasteiger partial charge in [-0.3, -0.25) is 4.79 Å². The van der Waals surface area contributed by atoms with Crippen molar-refractivity contribution >= 4 is 16.8 Å². The van der Waals surface area contributed by atoms with Crippen molar-refractivity contribution in [1.82, 2.24) is 9.88 Å². The standard InChI is InChI=1S/C19H20N2O2/c22-14-17(15-6-2-1-3-7-15)20-19(23)11-13-21-12-10-16-8-4-5-9-18(16)21/h1-10,12,17,22H,11,13-14H2,(H,20,23)/t17-/m1/s1. The van der Waals surface area contributed by atoms with E-state index in [0.29, 0.717) is 13.0 Å². The molecule has 0 radical (unpaired) electrons. The first kappa shape index (κ1) is 15.3. The molecule has 1 heterocycles. The zero-order valence-corrected chi connectivity index (χ0v) is 12.9. The Bertz CT molecular complexity index is 780. The average molecular weight is 308 g/mol. The van der Waals surface area contributed by atoms with Crippen LogP contribution in [0.15, 0.2) is 66.9 Å². The van der Waals surface area contributed by atoms with E-state index in [4.69, 9.17) is 0 Å². The Labute approximate surface area is 135 Å². The topological polar surface area (TPSA) is 54.3 Å². The summed E-state index contributed by atoms with van der Waals surface area (Å²) in [6, 6.07) is 19.3. The molecule has 2 aromatic carbocycles. The number of aliphatic hydroxyl groups excluding tert-OH is 1. The van der Waals surface area contributed by atoms with E-state index in [0.717, 1.165) is 11.1 Å². The van der Waals surface area contributed by atoms with Crippen LogP contribution in [0.3, 0.4) is 0 Å². The number of aryl methyl sites for hydroxylation is 1. The van der Waals surface area contributed by atoms with Gasteiger partial charge in [0.15, 0.2) is 0 Å². The highest BCUT2D eigenvalue weighted by molar-refractivity contribution is 5.80. The Morgan fingerprint density at radius 1 is 1.04 bits per heavy atom. The molecule has 3 rings (SSSR count). The normalized spacial score (nSPS) is 12.2. The maximum Gasteiger partial charge on any atom is 0.222 e. The zero-order valence-electron chi connectivity index (χ0n) is 12.9. The third-order valence-corrected chi connectivity index (χ3v) is 3.98. The second kappa shape index (κ2) is 7.11. The molecule has 0 saturated heterocycles. The van der Waals surface area contributed by atoms with Crippen LogP contribution in [0.4, 0.5) is 0 Å². The molecular weight excluding hydrogens is 288 g/mol. The van der Waals surface area contributed by atoms with Crippen LogP contribution >= 0.6 is 0 Å². The molecule has 0 fully saturated rings. The third kappa shape index (κ3) is 3.60. The number of nitrogens with zero attached hydrogens (tertiary/aromatic N) is 1. The molecule has 0 spiro atoms. The minimum absolute atomic E-state index is 0.0642. The van der Waals surface area contributed by atoms with Gasteiger partial charge in [0.05, 0.1) is 12.6 Å². The van der Waals surface area contributed by atoms with Gasteiger partial charge in [0, 0.05) is 24.7 Å². The molecule has 4 nitrogen and oxygen atoms in total. The largest absolute Gasteiger partial charge is 0.394 e. The van der Waals surface area contributed by atoms with Crippen LogP contribution in [0.5, 0.6) is 0 Å². The lowest BCUT2D eigenvalue weighted by Gasteiger charge is -2.17. The van der Waals surface area contributed by atoms with Crippen LogP contribution in [-0.4, -0.2) is 22.2 Å². The number of carbonyl (C=O) groups excluding carboxylic acids is 1. The molecule has 118 valence electrons. The van der Waals surface area contributed by atoms with Gasteiger partial charge in [-0.2, -0.15) is 0 Å². The Hall–Kier alpha value is -2.59. The van der Waals surface area contributed by atoms with Crippen molar-refractivity contribution in [2.45, 2.75) is 19.0 Å². The molecule has 0 aliphatic carbocycles. The molecule has 3 aromatic rings. The number of hydrogen-bond acceptors (Lipinski definition) is 2. The minimum atomic E-state index is -0.356. The fourth-order valence-electron chi connectivity index (χ4n) is 2.74. The number of rotatable bonds is 6. The lowest BCUT2D eigenvalue weighted by Crippen LogP contribution is -2.31. The first-order valence-electron chi connectivity index (χ1n) is 7.77. The van der Waals surface area contributed by atoms with Crippen LogP contribution in [0.25, 0.3) is 10.9 Å². The second-order valence-corrected chi connectivity index (χ2v) is 5.53. The van der Waals surface area contributed by atoms with Gasteiger partial charge in [-0.25, -0.2) is 0 Å². The fourth-order valence-corrected chi connectivity index (χ4v) is 2.74. The summed E-state index contributed by atoms with van der Waals surface area (Å²) in [4.78, 5) is 12.2. The highest BCUT2D eigenvalue weighted by Gasteiger charge is 2.13. The molecular formula is C19H20N2O2. The van der Waals surface area contributed by atoms with E-state index < -0.39 is 0 Å². The average Bonchev–Trinajstić information content (AvgIpc) is 3.02. The Kier molecular flexibility index (Phi) is 4.74. The Morgan fingerprint density at radius 3 is 2.57 bits per heavy atom. The molecule has 1 aromatic heterocycles. The highest BCUT2D eigenvalue weighted by Crippen LogP contribution is 2.16. The van der Waals surface area contributed by atoms with E-state index in [1.165, 1.54) is 5.39 Å². The summed E-state index contributed by atoms with van der Waals surface area (Å²) < 4.78 is 2.07. The summed E-state index contributed by atoms with van der Waals surface area (Å²) in [5.74, 6) is -0.0642. The Balaban J connectivity index is 1.61. The third-order valence-electron chi connectivity index (χ3n) is 3.98. The molecule has 23 heavy (non-hydrogen) atoms. The number of fused-ring (bicyclic) bond motifs is 1.